The molecule has 130 valence electrons. The van der Waals surface area contributed by atoms with Crippen molar-refractivity contribution in [3.8, 4) is 5.75 Å². The van der Waals surface area contributed by atoms with Gasteiger partial charge in [0.1, 0.15) is 5.52 Å². The minimum absolute atomic E-state index is 0.115. The molecule has 2 aromatic heterocycles. The number of aliphatic hydroxyl groups excluding tert-OH is 1. The zero-order chi connectivity index (χ0) is 18.4. The monoisotopic (exact) mass is 367 g/mol. The zero-order valence-corrected chi connectivity index (χ0v) is 14.8. The smallest absolute Gasteiger partial charge is 0.270 e. The fraction of sp³-hybridized carbons (Fsp3) is 0.100. The third-order valence-electron chi connectivity index (χ3n) is 4.32. The zero-order valence-electron chi connectivity index (χ0n) is 14.0. The highest BCUT2D eigenvalue weighted by Crippen LogP contribution is 2.32. The van der Waals surface area contributed by atoms with Gasteiger partial charge in [-0.25, -0.2) is 4.98 Å². The summed E-state index contributed by atoms with van der Waals surface area (Å²) in [4.78, 5) is 16.3. The van der Waals surface area contributed by atoms with Gasteiger partial charge in [0, 0.05) is 16.7 Å². The number of furan rings is 1. The largest absolute Gasteiger partial charge is 0.504 e. The summed E-state index contributed by atoms with van der Waals surface area (Å²) in [6.45, 7) is 1.83. The van der Waals surface area contributed by atoms with Gasteiger partial charge < -0.3 is 14.3 Å². The molecule has 4 aromatic rings. The Bertz CT molecular complexity index is 1260. The van der Waals surface area contributed by atoms with E-state index >= 15 is 0 Å². The summed E-state index contributed by atoms with van der Waals surface area (Å²) < 4.78 is 11.3. The van der Waals surface area contributed by atoms with E-state index in [2.05, 4.69) is 4.98 Å². The van der Waals surface area contributed by atoms with Gasteiger partial charge >= 0.3 is 0 Å². The van der Waals surface area contributed by atoms with Crippen LogP contribution in [0, 0.1) is 6.92 Å². The molecule has 0 aliphatic rings. The van der Waals surface area contributed by atoms with Crippen molar-refractivity contribution >= 4 is 39.2 Å². The van der Waals surface area contributed by atoms with Crippen molar-refractivity contribution in [3.05, 3.63) is 74.4 Å². The fourth-order valence-corrected chi connectivity index (χ4v) is 3.19. The molecule has 1 N–H and O–H groups in total. The number of nitrogens with zero attached hydrogens (tertiary/aromatic N) is 1. The van der Waals surface area contributed by atoms with Crippen molar-refractivity contribution in [2.75, 3.05) is 7.11 Å². The van der Waals surface area contributed by atoms with Gasteiger partial charge in [0.2, 0.25) is 0 Å². The van der Waals surface area contributed by atoms with Crippen molar-refractivity contribution in [2.24, 2.45) is 0 Å². The maximum absolute atomic E-state index is 12.2. The third-order valence-corrected chi connectivity index (χ3v) is 4.57. The number of hydrogen-bond acceptors (Lipinski definition) is 5. The second kappa shape index (κ2) is 6.04. The molecule has 4 rings (SSSR count). The Kier molecular flexibility index (Phi) is 3.81. The van der Waals surface area contributed by atoms with Gasteiger partial charge in [-0.3, -0.25) is 4.79 Å². The molecule has 0 atom stereocenters. The van der Waals surface area contributed by atoms with Gasteiger partial charge in [-0.15, -0.1) is 0 Å². The van der Waals surface area contributed by atoms with Crippen LogP contribution in [-0.2, 0) is 0 Å². The van der Waals surface area contributed by atoms with Gasteiger partial charge in [0.05, 0.1) is 12.5 Å². The Hall–Kier alpha value is -3.05. The van der Waals surface area contributed by atoms with Crippen LogP contribution in [-0.4, -0.2) is 17.2 Å². The molecule has 0 fully saturated rings. The molecular weight excluding hydrogens is 354 g/mol. The Balaban J connectivity index is 2.25. The summed E-state index contributed by atoms with van der Waals surface area (Å²) in [6, 6.07) is 11.7. The molecule has 0 bridgehead atoms. The molecule has 0 saturated heterocycles. The molecule has 0 aliphatic carbocycles. The lowest BCUT2D eigenvalue weighted by molar-refractivity contribution is 0.406. The highest BCUT2D eigenvalue weighted by molar-refractivity contribution is 6.30. The van der Waals surface area contributed by atoms with Gasteiger partial charge in [-0.2, -0.15) is 0 Å². The number of hydrogen-bond donors (Lipinski definition) is 1. The summed E-state index contributed by atoms with van der Waals surface area (Å²) >= 11 is 5.91. The number of aryl methyl sites for hydroxylation is 1. The summed E-state index contributed by atoms with van der Waals surface area (Å²) in [5, 5.41) is 12.8. The van der Waals surface area contributed by atoms with Crippen molar-refractivity contribution in [3.63, 3.8) is 0 Å². The lowest BCUT2D eigenvalue weighted by Crippen LogP contribution is -2.09. The normalized spacial score (nSPS) is 12.6. The van der Waals surface area contributed by atoms with Crippen LogP contribution in [0.5, 0.6) is 5.75 Å². The van der Waals surface area contributed by atoms with Crippen LogP contribution in [0.4, 0.5) is 0 Å². The molecule has 0 radical (unpaired) electrons. The van der Waals surface area contributed by atoms with E-state index in [1.54, 1.807) is 30.3 Å². The van der Waals surface area contributed by atoms with Crippen molar-refractivity contribution in [1.82, 2.24) is 4.98 Å². The minimum atomic E-state index is -0.412. The molecule has 2 aromatic carbocycles. The van der Waals surface area contributed by atoms with Crippen LogP contribution >= 0.6 is 11.6 Å². The molecule has 0 saturated carbocycles. The average molecular weight is 368 g/mol. The summed E-state index contributed by atoms with van der Waals surface area (Å²) in [5.41, 5.74) is 1.70. The molecule has 6 heteroatoms. The first kappa shape index (κ1) is 16.4. The number of halogens is 1. The standard InChI is InChI=1S/C20H14ClNO4/c1-10-9-15(23)22-17-16-13(10)7-8-14(25-2)19(16)26-20(17)18(24)11-3-5-12(21)6-4-11/h3-9,24H,1-2H3/b20-18+. The predicted octanol–water partition coefficient (Wildman–Crippen LogP) is 3.75. The van der Waals surface area contributed by atoms with E-state index in [9.17, 15) is 9.90 Å². The number of methoxy groups -OCH3 is 1. The van der Waals surface area contributed by atoms with Crippen LogP contribution in [0.1, 0.15) is 11.1 Å². The second-order valence-corrected chi connectivity index (χ2v) is 6.37. The summed E-state index contributed by atoms with van der Waals surface area (Å²) in [5.74, 6) is 0.370. The van der Waals surface area contributed by atoms with Crippen molar-refractivity contribution in [2.45, 2.75) is 6.92 Å². The van der Waals surface area contributed by atoms with E-state index in [0.29, 0.717) is 32.8 Å². The van der Waals surface area contributed by atoms with Crippen LogP contribution in [0.25, 0.3) is 27.6 Å². The van der Waals surface area contributed by atoms with Crippen molar-refractivity contribution in [1.29, 1.82) is 0 Å². The minimum Gasteiger partial charge on any atom is -0.504 e. The Morgan fingerprint density at radius 3 is 2.62 bits per heavy atom. The van der Waals surface area contributed by atoms with E-state index < -0.39 is 5.56 Å². The van der Waals surface area contributed by atoms with Gasteiger partial charge in [-0.1, -0.05) is 17.7 Å². The number of benzene rings is 2. The molecule has 0 spiro atoms. The Labute approximate surface area is 153 Å². The topological polar surface area (TPSA) is 72.6 Å². The van der Waals surface area contributed by atoms with E-state index in [1.807, 2.05) is 13.0 Å². The SMILES string of the molecule is COc1ccc2c(C)cc(=O)nc3/c(=C(\O)c4ccc(Cl)cc4)oc1c23. The maximum atomic E-state index is 12.2. The maximum Gasteiger partial charge on any atom is 0.270 e. The van der Waals surface area contributed by atoms with E-state index in [1.165, 1.54) is 13.2 Å². The third kappa shape index (κ3) is 2.48. The molecule has 5 nitrogen and oxygen atoms in total. The van der Waals surface area contributed by atoms with Gasteiger partial charge in [0.15, 0.2) is 22.5 Å². The van der Waals surface area contributed by atoms with E-state index in [-0.39, 0.29) is 11.2 Å². The fourth-order valence-electron chi connectivity index (χ4n) is 3.06. The molecule has 0 aliphatic heterocycles. The number of rotatable bonds is 2. The molecular formula is C20H14ClNO4. The molecule has 2 heterocycles. The number of aromatic nitrogens is 1. The Morgan fingerprint density at radius 1 is 1.19 bits per heavy atom. The highest BCUT2D eigenvalue weighted by atomic mass is 35.5. The van der Waals surface area contributed by atoms with Gasteiger partial charge in [-0.05, 0) is 48.2 Å². The first-order valence-corrected chi connectivity index (χ1v) is 8.27. The number of ether oxygens (including phenoxy) is 1. The van der Waals surface area contributed by atoms with E-state index in [4.69, 9.17) is 20.8 Å². The Morgan fingerprint density at radius 2 is 1.92 bits per heavy atom. The van der Waals surface area contributed by atoms with Gasteiger partial charge in [0.25, 0.3) is 5.56 Å². The lowest BCUT2D eigenvalue weighted by Gasteiger charge is -2.01. The van der Waals surface area contributed by atoms with Crippen LogP contribution in [0.3, 0.4) is 0 Å². The first-order valence-electron chi connectivity index (χ1n) is 7.89. The summed E-state index contributed by atoms with van der Waals surface area (Å²) in [7, 11) is 1.53. The first-order chi connectivity index (χ1) is 12.5. The van der Waals surface area contributed by atoms with Crippen molar-refractivity contribution < 1.29 is 14.3 Å². The molecule has 26 heavy (non-hydrogen) atoms. The van der Waals surface area contributed by atoms with Crippen LogP contribution in [0.2, 0.25) is 5.02 Å². The lowest BCUT2D eigenvalue weighted by atomic mass is 10.1. The van der Waals surface area contributed by atoms with E-state index in [0.717, 1.165) is 10.9 Å². The summed E-state index contributed by atoms with van der Waals surface area (Å²) in [6.07, 6.45) is 0. The number of aliphatic hydroxyl groups is 1. The highest BCUT2D eigenvalue weighted by Gasteiger charge is 2.18. The molecule has 0 unspecified atom stereocenters. The predicted molar refractivity (Wildman–Crippen MR) is 101 cm³/mol. The average Bonchev–Trinajstić information content (AvgIpc) is 2.93. The van der Waals surface area contributed by atoms with Crippen LogP contribution < -0.4 is 15.7 Å². The quantitative estimate of drug-likeness (QED) is 0.584. The van der Waals surface area contributed by atoms with Crippen LogP contribution in [0.15, 0.2) is 51.7 Å². The molecule has 0 amide bonds. The second-order valence-electron chi connectivity index (χ2n) is 5.93.